The summed E-state index contributed by atoms with van der Waals surface area (Å²) in [5.74, 6) is -0.244. The Hall–Kier alpha value is -2.78. The molecule has 0 aromatic heterocycles. The van der Waals surface area contributed by atoms with Gasteiger partial charge in [0.05, 0.1) is 4.90 Å². The second-order valence-electron chi connectivity index (χ2n) is 8.49. The third kappa shape index (κ3) is 4.54. The van der Waals surface area contributed by atoms with Gasteiger partial charge in [-0.25, -0.2) is 12.8 Å². The number of rotatable bonds is 5. The molecule has 170 valence electrons. The molecule has 2 aromatic rings. The van der Waals surface area contributed by atoms with E-state index in [4.69, 9.17) is 0 Å². The van der Waals surface area contributed by atoms with Gasteiger partial charge in [0.2, 0.25) is 15.9 Å². The zero-order valence-electron chi connectivity index (χ0n) is 18.0. The van der Waals surface area contributed by atoms with Gasteiger partial charge in [-0.3, -0.25) is 9.59 Å². The van der Waals surface area contributed by atoms with Gasteiger partial charge in [-0.2, -0.15) is 4.31 Å². The van der Waals surface area contributed by atoms with Crippen LogP contribution in [0.3, 0.4) is 0 Å². The molecular weight excluding hydrogens is 433 g/mol. The lowest BCUT2D eigenvalue weighted by Crippen LogP contribution is -2.51. The maximum Gasteiger partial charge on any atom is 0.255 e. The molecule has 2 aromatic carbocycles. The number of nitrogens with zero attached hydrogens (tertiary/aromatic N) is 2. The Labute approximate surface area is 187 Å². The van der Waals surface area contributed by atoms with Gasteiger partial charge in [0.25, 0.3) is 5.91 Å². The fourth-order valence-corrected chi connectivity index (χ4v) is 5.39. The second kappa shape index (κ2) is 8.63. The van der Waals surface area contributed by atoms with E-state index >= 15 is 0 Å². The van der Waals surface area contributed by atoms with Crippen molar-refractivity contribution in [3.8, 4) is 0 Å². The van der Waals surface area contributed by atoms with Crippen LogP contribution in [0, 0.1) is 24.6 Å². The number of carbonyl (C=O) groups excluding carboxylic acids is 2. The van der Waals surface area contributed by atoms with Crippen LogP contribution < -0.4 is 5.32 Å². The fourth-order valence-electron chi connectivity index (χ4n) is 3.92. The average molecular weight is 460 g/mol. The molecule has 0 bridgehead atoms. The van der Waals surface area contributed by atoms with Crippen LogP contribution >= 0.6 is 0 Å². The lowest BCUT2D eigenvalue weighted by Gasteiger charge is -2.34. The summed E-state index contributed by atoms with van der Waals surface area (Å²) in [7, 11) is -3.80. The van der Waals surface area contributed by atoms with Crippen LogP contribution in [-0.2, 0) is 14.8 Å². The number of benzene rings is 2. The van der Waals surface area contributed by atoms with Crippen LogP contribution in [0.4, 0.5) is 10.1 Å². The Kier molecular flexibility index (Phi) is 6.05. The minimum Gasteiger partial charge on any atom is -0.340 e. The Morgan fingerprint density at radius 3 is 2.38 bits per heavy atom. The Balaban J connectivity index is 1.44. The average Bonchev–Trinajstić information content (AvgIpc) is 3.52. The quantitative estimate of drug-likeness (QED) is 0.745. The van der Waals surface area contributed by atoms with E-state index in [1.165, 1.54) is 46.8 Å². The van der Waals surface area contributed by atoms with Gasteiger partial charge in [-0.1, -0.05) is 13.0 Å². The Morgan fingerprint density at radius 2 is 1.75 bits per heavy atom. The van der Waals surface area contributed by atoms with Crippen LogP contribution in [0.15, 0.2) is 47.4 Å². The number of carbonyl (C=O) groups is 2. The van der Waals surface area contributed by atoms with Gasteiger partial charge < -0.3 is 10.2 Å². The monoisotopic (exact) mass is 459 g/mol. The first-order valence-corrected chi connectivity index (χ1v) is 12.1. The number of hydrogen-bond donors (Lipinski definition) is 1. The molecular formula is C23H26FN3O4S. The molecule has 1 aliphatic carbocycles. The highest BCUT2D eigenvalue weighted by atomic mass is 32.2. The fraction of sp³-hybridized carbons (Fsp3) is 0.391. The topological polar surface area (TPSA) is 86.8 Å². The van der Waals surface area contributed by atoms with E-state index in [1.807, 2.05) is 6.92 Å². The van der Waals surface area contributed by atoms with Gasteiger partial charge in [0, 0.05) is 43.3 Å². The zero-order valence-corrected chi connectivity index (χ0v) is 18.9. The number of halogens is 1. The summed E-state index contributed by atoms with van der Waals surface area (Å²) in [6.07, 6.45) is 0.906. The second-order valence-corrected chi connectivity index (χ2v) is 10.4. The van der Waals surface area contributed by atoms with Crippen molar-refractivity contribution in [1.29, 1.82) is 0 Å². The van der Waals surface area contributed by atoms with Gasteiger partial charge in [0.1, 0.15) is 5.82 Å². The largest absolute Gasteiger partial charge is 0.340 e. The predicted molar refractivity (Wildman–Crippen MR) is 118 cm³/mol. The summed E-state index contributed by atoms with van der Waals surface area (Å²) >= 11 is 0. The molecule has 2 amide bonds. The summed E-state index contributed by atoms with van der Waals surface area (Å²) in [5, 5.41) is 2.66. The normalized spacial score (nSPS) is 21.3. The van der Waals surface area contributed by atoms with E-state index in [0.717, 1.165) is 6.42 Å². The summed E-state index contributed by atoms with van der Waals surface area (Å²) in [6, 6.07) is 10.1. The summed E-state index contributed by atoms with van der Waals surface area (Å²) in [4.78, 5) is 26.8. The summed E-state index contributed by atoms with van der Waals surface area (Å²) in [5.41, 5.74) is 1.01. The van der Waals surface area contributed by atoms with Gasteiger partial charge in [-0.05, 0) is 61.2 Å². The van der Waals surface area contributed by atoms with Gasteiger partial charge in [0.15, 0.2) is 0 Å². The van der Waals surface area contributed by atoms with E-state index in [1.54, 1.807) is 11.8 Å². The number of nitrogens with one attached hydrogen (secondary N) is 1. The summed E-state index contributed by atoms with van der Waals surface area (Å²) < 4.78 is 41.0. The van der Waals surface area contributed by atoms with E-state index in [-0.39, 0.29) is 41.2 Å². The Bertz CT molecular complexity index is 1160. The lowest BCUT2D eigenvalue weighted by atomic mass is 10.2. The van der Waals surface area contributed by atoms with Crippen molar-refractivity contribution >= 4 is 27.5 Å². The molecule has 1 saturated carbocycles. The maximum absolute atomic E-state index is 13.4. The molecule has 32 heavy (non-hydrogen) atoms. The van der Waals surface area contributed by atoms with Crippen LogP contribution in [0.25, 0.3) is 0 Å². The molecule has 0 radical (unpaired) electrons. The van der Waals surface area contributed by atoms with E-state index < -0.39 is 15.9 Å². The number of hydrogen-bond acceptors (Lipinski definition) is 4. The first kappa shape index (κ1) is 22.4. The number of aryl methyl sites for hydroxylation is 1. The third-order valence-corrected chi connectivity index (χ3v) is 8.02. The molecule has 1 saturated heterocycles. The van der Waals surface area contributed by atoms with Gasteiger partial charge >= 0.3 is 0 Å². The number of piperazine rings is 1. The third-order valence-electron chi connectivity index (χ3n) is 6.13. The minimum atomic E-state index is -3.80. The molecule has 1 N–H and O–H groups in total. The smallest absolute Gasteiger partial charge is 0.255 e. The molecule has 9 heteroatoms. The van der Waals surface area contributed by atoms with Crippen LogP contribution in [0.1, 0.15) is 29.3 Å². The van der Waals surface area contributed by atoms with Crippen LogP contribution in [-0.4, -0.2) is 55.6 Å². The van der Waals surface area contributed by atoms with Crippen molar-refractivity contribution < 1.29 is 22.4 Å². The van der Waals surface area contributed by atoms with Crippen molar-refractivity contribution in [2.45, 2.75) is 25.2 Å². The zero-order chi connectivity index (χ0) is 23.0. The van der Waals surface area contributed by atoms with Crippen LogP contribution in [0.5, 0.6) is 0 Å². The highest BCUT2D eigenvalue weighted by Crippen LogP contribution is 2.39. The molecule has 2 fully saturated rings. The molecule has 2 aliphatic rings. The standard InChI is InChI=1S/C23H26FN3O4S/c1-15-13-20(15)23(29)26-8-10-27(11-9-26)32(30,31)19-5-3-4-17(14-19)22(28)25-18-6-7-21(24)16(2)12-18/h3-7,12,14-15,20H,8-11,13H2,1-2H3,(H,25,28). The molecule has 1 aliphatic heterocycles. The van der Waals surface area contributed by atoms with E-state index in [2.05, 4.69) is 5.32 Å². The van der Waals surface area contributed by atoms with Gasteiger partial charge in [-0.15, -0.1) is 0 Å². The van der Waals surface area contributed by atoms with Crippen molar-refractivity contribution in [3.63, 3.8) is 0 Å². The van der Waals surface area contributed by atoms with E-state index in [0.29, 0.717) is 30.3 Å². The van der Waals surface area contributed by atoms with Crippen molar-refractivity contribution in [2.75, 3.05) is 31.5 Å². The van der Waals surface area contributed by atoms with Crippen LogP contribution in [0.2, 0.25) is 0 Å². The first-order chi connectivity index (χ1) is 15.2. The molecule has 0 spiro atoms. The molecule has 4 rings (SSSR count). The molecule has 2 unspecified atom stereocenters. The number of amides is 2. The van der Waals surface area contributed by atoms with Crippen molar-refractivity contribution in [3.05, 3.63) is 59.4 Å². The molecule has 7 nitrogen and oxygen atoms in total. The number of sulfonamides is 1. The lowest BCUT2D eigenvalue weighted by molar-refractivity contribution is -0.134. The first-order valence-electron chi connectivity index (χ1n) is 10.6. The van der Waals surface area contributed by atoms with Crippen molar-refractivity contribution in [1.82, 2.24) is 9.21 Å². The highest BCUT2D eigenvalue weighted by Gasteiger charge is 2.42. The SMILES string of the molecule is Cc1cc(NC(=O)c2cccc(S(=O)(=O)N3CCN(C(=O)C4CC4C)CC3)c2)ccc1F. The minimum absolute atomic E-state index is 0.0241. The maximum atomic E-state index is 13.4. The molecule has 1 heterocycles. The number of anilines is 1. The Morgan fingerprint density at radius 1 is 1.06 bits per heavy atom. The van der Waals surface area contributed by atoms with Crippen molar-refractivity contribution in [2.24, 2.45) is 11.8 Å². The van der Waals surface area contributed by atoms with E-state index in [9.17, 15) is 22.4 Å². The summed E-state index contributed by atoms with van der Waals surface area (Å²) in [6.45, 7) is 4.82. The predicted octanol–water partition coefficient (Wildman–Crippen LogP) is 2.88. The molecule has 2 atom stereocenters. The highest BCUT2D eigenvalue weighted by molar-refractivity contribution is 7.89.